The van der Waals surface area contributed by atoms with E-state index in [1.165, 1.54) is 19.3 Å². The van der Waals surface area contributed by atoms with Crippen molar-refractivity contribution in [2.75, 3.05) is 7.05 Å². The number of rotatable bonds is 6. The normalized spacial score (nSPS) is 24.0. The van der Waals surface area contributed by atoms with Gasteiger partial charge >= 0.3 is 0 Å². The van der Waals surface area contributed by atoms with Crippen molar-refractivity contribution in [2.24, 2.45) is 5.92 Å². The molecule has 108 valence electrons. The molecule has 0 spiro atoms. The summed E-state index contributed by atoms with van der Waals surface area (Å²) in [4.78, 5) is 4.31. The molecule has 1 heterocycles. The Morgan fingerprint density at radius 3 is 2.95 bits per heavy atom. The first-order valence-corrected chi connectivity index (χ1v) is 7.36. The van der Waals surface area contributed by atoms with Crippen molar-refractivity contribution in [2.45, 2.75) is 64.8 Å². The maximum Gasteiger partial charge on any atom is 0.152 e. The van der Waals surface area contributed by atoms with Gasteiger partial charge in [-0.05, 0) is 25.8 Å². The summed E-state index contributed by atoms with van der Waals surface area (Å²) >= 11 is 0. The highest BCUT2D eigenvalue weighted by atomic mass is 16.5. The van der Waals surface area contributed by atoms with Crippen molar-refractivity contribution in [3.05, 3.63) is 12.2 Å². The van der Waals surface area contributed by atoms with Crippen molar-refractivity contribution < 1.29 is 4.74 Å². The fourth-order valence-corrected chi connectivity index (χ4v) is 2.71. The van der Waals surface area contributed by atoms with Gasteiger partial charge in [0.05, 0.1) is 6.10 Å². The van der Waals surface area contributed by atoms with Gasteiger partial charge in [-0.25, -0.2) is 9.67 Å². The molecule has 1 N–H and O–H groups in total. The van der Waals surface area contributed by atoms with Gasteiger partial charge in [0.25, 0.3) is 0 Å². The van der Waals surface area contributed by atoms with Crippen LogP contribution in [0.15, 0.2) is 6.33 Å². The summed E-state index contributed by atoms with van der Waals surface area (Å²) in [5.74, 6) is 1.51. The zero-order chi connectivity index (χ0) is 13.7. The number of likely N-dealkylation sites (N-methyl/N-ethyl adjacent to an activating group) is 1. The van der Waals surface area contributed by atoms with Crippen LogP contribution in [0.2, 0.25) is 0 Å². The van der Waals surface area contributed by atoms with Crippen LogP contribution in [-0.4, -0.2) is 34.0 Å². The second-order valence-corrected chi connectivity index (χ2v) is 5.78. The second kappa shape index (κ2) is 7.01. The van der Waals surface area contributed by atoms with E-state index in [4.69, 9.17) is 4.74 Å². The van der Waals surface area contributed by atoms with Crippen LogP contribution in [0.3, 0.4) is 0 Å². The third-order valence-electron chi connectivity index (χ3n) is 3.73. The average molecular weight is 266 g/mol. The van der Waals surface area contributed by atoms with E-state index in [2.05, 4.69) is 29.2 Å². The molecular formula is C14H26N4O. The average Bonchev–Trinajstić information content (AvgIpc) is 2.83. The van der Waals surface area contributed by atoms with Crippen LogP contribution < -0.4 is 5.32 Å². The van der Waals surface area contributed by atoms with E-state index in [-0.39, 0.29) is 0 Å². The van der Waals surface area contributed by atoms with Crippen molar-refractivity contribution in [1.29, 1.82) is 0 Å². The Morgan fingerprint density at radius 1 is 1.42 bits per heavy atom. The van der Waals surface area contributed by atoms with Gasteiger partial charge < -0.3 is 10.1 Å². The molecule has 1 aromatic heterocycles. The van der Waals surface area contributed by atoms with Gasteiger partial charge in [0.2, 0.25) is 0 Å². The molecule has 5 heteroatoms. The zero-order valence-electron chi connectivity index (χ0n) is 12.3. The van der Waals surface area contributed by atoms with E-state index in [9.17, 15) is 0 Å². The molecule has 1 saturated carbocycles. The molecule has 2 atom stereocenters. The Kier molecular flexibility index (Phi) is 5.34. The molecule has 0 amide bonds. The monoisotopic (exact) mass is 266 g/mol. The van der Waals surface area contributed by atoms with Crippen LogP contribution in [-0.2, 0) is 17.9 Å². The molecule has 0 radical (unpaired) electrons. The molecule has 5 nitrogen and oxygen atoms in total. The molecule has 0 aromatic carbocycles. The first kappa shape index (κ1) is 14.5. The van der Waals surface area contributed by atoms with Crippen LogP contribution in [0.4, 0.5) is 0 Å². The molecule has 0 aliphatic heterocycles. The van der Waals surface area contributed by atoms with E-state index in [1.807, 2.05) is 11.7 Å². The largest absolute Gasteiger partial charge is 0.369 e. The van der Waals surface area contributed by atoms with Gasteiger partial charge in [0, 0.05) is 12.6 Å². The molecule has 0 saturated heterocycles. The number of hydrogen-bond acceptors (Lipinski definition) is 4. The Labute approximate surface area is 115 Å². The molecule has 1 aromatic rings. The Balaban J connectivity index is 1.89. The topological polar surface area (TPSA) is 52.0 Å². The van der Waals surface area contributed by atoms with Gasteiger partial charge in [-0.2, -0.15) is 5.10 Å². The van der Waals surface area contributed by atoms with Gasteiger partial charge in [0.15, 0.2) is 5.82 Å². The minimum absolute atomic E-state index is 0.308. The fraction of sp³-hybridized carbons (Fsp3) is 0.857. The molecule has 2 rings (SSSR count). The first-order chi connectivity index (χ1) is 9.20. The summed E-state index contributed by atoms with van der Waals surface area (Å²) in [6.45, 7) is 5.84. The van der Waals surface area contributed by atoms with Crippen LogP contribution in [0.25, 0.3) is 0 Å². The predicted octanol–water partition coefficient (Wildman–Crippen LogP) is 1.98. The quantitative estimate of drug-likeness (QED) is 0.855. The number of nitrogens with one attached hydrogen (secondary N) is 1. The molecule has 2 unspecified atom stereocenters. The third-order valence-corrected chi connectivity index (χ3v) is 3.73. The lowest BCUT2D eigenvalue weighted by Gasteiger charge is -2.31. The lowest BCUT2D eigenvalue weighted by Crippen LogP contribution is -2.41. The van der Waals surface area contributed by atoms with Crippen molar-refractivity contribution in [3.8, 4) is 0 Å². The maximum absolute atomic E-state index is 6.07. The van der Waals surface area contributed by atoms with Crippen LogP contribution in [0.1, 0.15) is 45.4 Å². The number of ether oxygens (including phenoxy) is 1. The Hall–Kier alpha value is -0.940. The van der Waals surface area contributed by atoms with Crippen LogP contribution in [0, 0.1) is 5.92 Å². The summed E-state index contributed by atoms with van der Waals surface area (Å²) in [6, 6.07) is 0.482. The van der Waals surface area contributed by atoms with Gasteiger partial charge in [-0.15, -0.1) is 0 Å². The highest BCUT2D eigenvalue weighted by Crippen LogP contribution is 2.21. The molecule has 0 bridgehead atoms. The van der Waals surface area contributed by atoms with Gasteiger partial charge in [-0.3, -0.25) is 0 Å². The number of nitrogens with zero attached hydrogens (tertiary/aromatic N) is 3. The molecule has 1 aliphatic carbocycles. The minimum Gasteiger partial charge on any atom is -0.369 e. The van der Waals surface area contributed by atoms with E-state index in [0.717, 1.165) is 18.8 Å². The lowest BCUT2D eigenvalue weighted by atomic mass is 9.92. The fourth-order valence-electron chi connectivity index (χ4n) is 2.71. The smallest absolute Gasteiger partial charge is 0.152 e. The van der Waals surface area contributed by atoms with Crippen molar-refractivity contribution in [3.63, 3.8) is 0 Å². The molecule has 1 aliphatic rings. The predicted molar refractivity (Wildman–Crippen MR) is 74.8 cm³/mol. The highest BCUT2D eigenvalue weighted by molar-refractivity contribution is 4.85. The Morgan fingerprint density at radius 2 is 2.21 bits per heavy atom. The molecule has 1 fully saturated rings. The summed E-state index contributed by atoms with van der Waals surface area (Å²) < 4.78 is 8.03. The SMILES string of the molecule is CNC1CCCCC1OCc1ncnn1CC(C)C. The number of aromatic nitrogens is 3. The summed E-state index contributed by atoms with van der Waals surface area (Å²) in [6.07, 6.45) is 6.85. The lowest BCUT2D eigenvalue weighted by molar-refractivity contribution is -0.00814. The summed E-state index contributed by atoms with van der Waals surface area (Å²) in [7, 11) is 2.02. The molecule has 19 heavy (non-hydrogen) atoms. The van der Waals surface area contributed by atoms with Crippen molar-refractivity contribution in [1.82, 2.24) is 20.1 Å². The summed E-state index contributed by atoms with van der Waals surface area (Å²) in [5, 5.41) is 7.63. The van der Waals surface area contributed by atoms with Crippen molar-refractivity contribution >= 4 is 0 Å². The van der Waals surface area contributed by atoms with Gasteiger partial charge in [0.1, 0.15) is 12.9 Å². The van der Waals surface area contributed by atoms with E-state index < -0.39 is 0 Å². The first-order valence-electron chi connectivity index (χ1n) is 7.36. The van der Waals surface area contributed by atoms with Gasteiger partial charge in [-0.1, -0.05) is 26.7 Å². The summed E-state index contributed by atoms with van der Waals surface area (Å²) in [5.41, 5.74) is 0. The number of hydrogen-bond donors (Lipinski definition) is 1. The van der Waals surface area contributed by atoms with E-state index in [1.54, 1.807) is 6.33 Å². The minimum atomic E-state index is 0.308. The highest BCUT2D eigenvalue weighted by Gasteiger charge is 2.24. The second-order valence-electron chi connectivity index (χ2n) is 5.78. The van der Waals surface area contributed by atoms with E-state index in [0.29, 0.717) is 24.7 Å². The maximum atomic E-state index is 6.07. The van der Waals surface area contributed by atoms with Crippen LogP contribution in [0.5, 0.6) is 0 Å². The third kappa shape index (κ3) is 4.01. The van der Waals surface area contributed by atoms with Crippen LogP contribution >= 0.6 is 0 Å². The zero-order valence-corrected chi connectivity index (χ0v) is 12.3. The Bertz CT molecular complexity index is 377. The van der Waals surface area contributed by atoms with E-state index >= 15 is 0 Å². The standard InChI is InChI=1S/C14H26N4O/c1-11(2)8-18-14(16-10-17-18)9-19-13-7-5-4-6-12(13)15-3/h10-13,15H,4-9H2,1-3H3. The molecular weight excluding hydrogens is 240 g/mol.